The van der Waals surface area contributed by atoms with Crippen molar-refractivity contribution < 1.29 is 14.5 Å². The Balaban J connectivity index is 1.92. The third-order valence-electron chi connectivity index (χ3n) is 2.86. The monoisotopic (exact) mass is 320 g/mol. The van der Waals surface area contributed by atoms with E-state index in [1.54, 1.807) is 31.2 Å². The van der Waals surface area contributed by atoms with Crippen LogP contribution in [0.1, 0.15) is 5.56 Å². The molecular formula is C15H13ClN2O4. The van der Waals surface area contributed by atoms with E-state index in [0.717, 1.165) is 0 Å². The summed E-state index contributed by atoms with van der Waals surface area (Å²) in [5, 5.41) is 13.9. The third kappa shape index (κ3) is 4.20. The van der Waals surface area contributed by atoms with Crippen LogP contribution in [-0.4, -0.2) is 17.4 Å². The summed E-state index contributed by atoms with van der Waals surface area (Å²) in [5.41, 5.74) is 1.09. The van der Waals surface area contributed by atoms with Gasteiger partial charge in [0.2, 0.25) is 0 Å². The molecule has 0 spiro atoms. The van der Waals surface area contributed by atoms with E-state index < -0.39 is 4.92 Å². The van der Waals surface area contributed by atoms with Gasteiger partial charge in [0.1, 0.15) is 5.75 Å². The van der Waals surface area contributed by atoms with Crippen LogP contribution in [-0.2, 0) is 4.79 Å². The van der Waals surface area contributed by atoms with E-state index in [0.29, 0.717) is 22.0 Å². The number of carbonyl (C=O) groups excluding carboxylic acids is 1. The summed E-state index contributed by atoms with van der Waals surface area (Å²) in [5.74, 6) is 0.0627. The van der Waals surface area contributed by atoms with Gasteiger partial charge in [-0.25, -0.2) is 0 Å². The highest BCUT2D eigenvalue weighted by Gasteiger charge is 2.11. The lowest BCUT2D eigenvalue weighted by Gasteiger charge is -2.08. The minimum absolute atomic E-state index is 0.0120. The number of carbonyl (C=O) groups is 1. The molecule has 0 atom stereocenters. The molecule has 1 N–H and O–H groups in total. The average Bonchev–Trinajstić information content (AvgIpc) is 2.47. The molecule has 0 aliphatic rings. The molecule has 0 aliphatic heterocycles. The summed E-state index contributed by atoms with van der Waals surface area (Å²) in [4.78, 5) is 22.0. The number of hydrogen-bond acceptors (Lipinski definition) is 4. The molecule has 114 valence electrons. The van der Waals surface area contributed by atoms with Crippen molar-refractivity contribution in [3.8, 4) is 5.75 Å². The standard InChI is InChI=1S/C15H13ClN2O4/c1-10-8-13(6-7-14(10)18(20)21)22-9-15(19)17-12-4-2-11(16)3-5-12/h2-8H,9H2,1H3,(H,17,19). The van der Waals surface area contributed by atoms with E-state index >= 15 is 0 Å². The summed E-state index contributed by atoms with van der Waals surface area (Å²) in [6, 6.07) is 11.0. The largest absolute Gasteiger partial charge is 0.484 e. The molecule has 6 nitrogen and oxygen atoms in total. The van der Waals surface area contributed by atoms with Crippen molar-refractivity contribution in [2.24, 2.45) is 0 Å². The Morgan fingerprint density at radius 2 is 1.95 bits per heavy atom. The first-order chi connectivity index (χ1) is 10.5. The fourth-order valence-electron chi connectivity index (χ4n) is 1.80. The van der Waals surface area contributed by atoms with Crippen LogP contribution < -0.4 is 10.1 Å². The molecule has 2 aromatic carbocycles. The lowest BCUT2D eigenvalue weighted by molar-refractivity contribution is -0.385. The van der Waals surface area contributed by atoms with Gasteiger partial charge in [0.05, 0.1) is 4.92 Å². The summed E-state index contributed by atoms with van der Waals surface area (Å²) in [7, 11) is 0. The fourth-order valence-corrected chi connectivity index (χ4v) is 1.93. The predicted molar refractivity (Wildman–Crippen MR) is 83.4 cm³/mol. The smallest absolute Gasteiger partial charge is 0.272 e. The molecule has 0 unspecified atom stereocenters. The van der Waals surface area contributed by atoms with Crippen molar-refractivity contribution in [3.63, 3.8) is 0 Å². The maximum absolute atomic E-state index is 11.8. The number of rotatable bonds is 5. The zero-order valence-corrected chi connectivity index (χ0v) is 12.5. The highest BCUT2D eigenvalue weighted by Crippen LogP contribution is 2.23. The SMILES string of the molecule is Cc1cc(OCC(=O)Nc2ccc(Cl)cc2)ccc1[N+](=O)[O-]. The van der Waals surface area contributed by atoms with Crippen molar-refractivity contribution in [2.45, 2.75) is 6.92 Å². The number of aryl methyl sites for hydroxylation is 1. The number of halogens is 1. The van der Waals surface area contributed by atoms with Gasteiger partial charge in [0.25, 0.3) is 11.6 Å². The van der Waals surface area contributed by atoms with Crippen LogP contribution in [0, 0.1) is 17.0 Å². The van der Waals surface area contributed by atoms with Crippen molar-refractivity contribution in [1.29, 1.82) is 0 Å². The van der Waals surface area contributed by atoms with E-state index in [2.05, 4.69) is 5.32 Å². The Morgan fingerprint density at radius 3 is 2.55 bits per heavy atom. The van der Waals surface area contributed by atoms with Gasteiger partial charge in [0, 0.05) is 22.3 Å². The van der Waals surface area contributed by atoms with E-state index in [-0.39, 0.29) is 18.2 Å². The number of hydrogen-bond donors (Lipinski definition) is 1. The number of nitrogens with one attached hydrogen (secondary N) is 1. The second kappa shape index (κ2) is 6.91. The lowest BCUT2D eigenvalue weighted by atomic mass is 10.2. The maximum Gasteiger partial charge on any atom is 0.272 e. The molecule has 22 heavy (non-hydrogen) atoms. The van der Waals surface area contributed by atoms with Crippen LogP contribution in [0.15, 0.2) is 42.5 Å². The van der Waals surface area contributed by atoms with Gasteiger partial charge in [-0.2, -0.15) is 0 Å². The maximum atomic E-state index is 11.8. The van der Waals surface area contributed by atoms with Crippen molar-refractivity contribution >= 4 is 28.9 Å². The minimum Gasteiger partial charge on any atom is -0.484 e. The highest BCUT2D eigenvalue weighted by molar-refractivity contribution is 6.30. The van der Waals surface area contributed by atoms with E-state index in [1.165, 1.54) is 18.2 Å². The molecule has 0 saturated heterocycles. The molecule has 0 aromatic heterocycles. The molecule has 0 heterocycles. The van der Waals surface area contributed by atoms with Crippen LogP contribution >= 0.6 is 11.6 Å². The zero-order chi connectivity index (χ0) is 16.1. The van der Waals surface area contributed by atoms with Crippen molar-refractivity contribution in [1.82, 2.24) is 0 Å². The van der Waals surface area contributed by atoms with Crippen LogP contribution in [0.3, 0.4) is 0 Å². The lowest BCUT2D eigenvalue weighted by Crippen LogP contribution is -2.20. The molecular weight excluding hydrogens is 308 g/mol. The van der Waals surface area contributed by atoms with Gasteiger partial charge in [-0.1, -0.05) is 11.6 Å². The first-order valence-electron chi connectivity index (χ1n) is 6.39. The molecule has 0 aliphatic carbocycles. The second-order valence-corrected chi connectivity index (χ2v) is 4.99. The van der Waals surface area contributed by atoms with Crippen molar-refractivity contribution in [2.75, 3.05) is 11.9 Å². The van der Waals surface area contributed by atoms with Gasteiger partial charge in [-0.15, -0.1) is 0 Å². The minimum atomic E-state index is -0.466. The van der Waals surface area contributed by atoms with E-state index in [1.807, 2.05) is 0 Å². The van der Waals surface area contributed by atoms with Crippen LogP contribution in [0.5, 0.6) is 5.75 Å². The number of anilines is 1. The normalized spacial score (nSPS) is 10.1. The third-order valence-corrected chi connectivity index (χ3v) is 3.11. The Hall–Kier alpha value is -2.60. The first kappa shape index (κ1) is 15.8. The number of ether oxygens (including phenoxy) is 1. The zero-order valence-electron chi connectivity index (χ0n) is 11.7. The van der Waals surface area contributed by atoms with Gasteiger partial charge >= 0.3 is 0 Å². The van der Waals surface area contributed by atoms with Crippen LogP contribution in [0.25, 0.3) is 0 Å². The highest BCUT2D eigenvalue weighted by atomic mass is 35.5. The summed E-state index contributed by atoms with van der Waals surface area (Å²) in [6.07, 6.45) is 0. The second-order valence-electron chi connectivity index (χ2n) is 4.55. The quantitative estimate of drug-likeness (QED) is 0.674. The first-order valence-corrected chi connectivity index (χ1v) is 6.77. The number of benzene rings is 2. The summed E-state index contributed by atoms with van der Waals surface area (Å²) >= 11 is 5.75. The average molecular weight is 321 g/mol. The molecule has 0 radical (unpaired) electrons. The fraction of sp³-hybridized carbons (Fsp3) is 0.133. The van der Waals surface area contributed by atoms with E-state index in [9.17, 15) is 14.9 Å². The van der Waals surface area contributed by atoms with E-state index in [4.69, 9.17) is 16.3 Å². The van der Waals surface area contributed by atoms with Crippen LogP contribution in [0.4, 0.5) is 11.4 Å². The van der Waals surface area contributed by atoms with Crippen LogP contribution in [0.2, 0.25) is 5.02 Å². The van der Waals surface area contributed by atoms with Gasteiger partial charge in [0.15, 0.2) is 6.61 Å². The Bertz CT molecular complexity index is 701. The Labute approximate surface area is 131 Å². The number of amides is 1. The molecule has 0 fully saturated rings. The topological polar surface area (TPSA) is 81.5 Å². The van der Waals surface area contributed by atoms with Gasteiger partial charge in [-0.05, 0) is 43.3 Å². The molecule has 0 saturated carbocycles. The Kier molecular flexibility index (Phi) is 4.95. The van der Waals surface area contributed by atoms with Gasteiger partial charge in [-0.3, -0.25) is 14.9 Å². The Morgan fingerprint density at radius 1 is 1.27 bits per heavy atom. The van der Waals surface area contributed by atoms with Gasteiger partial charge < -0.3 is 10.1 Å². The molecule has 2 rings (SSSR count). The van der Waals surface area contributed by atoms with Crippen molar-refractivity contribution in [3.05, 3.63) is 63.2 Å². The summed E-state index contributed by atoms with van der Waals surface area (Å²) in [6.45, 7) is 1.42. The summed E-state index contributed by atoms with van der Waals surface area (Å²) < 4.78 is 5.32. The molecule has 1 amide bonds. The number of nitrogens with zero attached hydrogens (tertiary/aromatic N) is 1. The molecule has 2 aromatic rings. The predicted octanol–water partition coefficient (Wildman–Crippen LogP) is 3.57. The molecule has 0 bridgehead atoms. The molecule has 7 heteroatoms. The number of nitro groups is 1. The number of nitro benzene ring substituents is 1.